The van der Waals surface area contributed by atoms with E-state index >= 15 is 0 Å². The fourth-order valence-electron chi connectivity index (χ4n) is 2.30. The van der Waals surface area contributed by atoms with Gasteiger partial charge in [0.15, 0.2) is 0 Å². The standard InChI is InChI=1S/C18H23N3O4S/c1-5-12(3)15(17(23)24-4)19-14(22)10-26-18-21-20-16(25-18)13-8-6-7-11(2)9-13/h6-9,12,15H,5,10H2,1-4H3,(H,19,22)/t12-,15+/m0/s1. The third-order valence-corrected chi connectivity index (χ3v) is 4.80. The average Bonchev–Trinajstić information content (AvgIpc) is 3.12. The Labute approximate surface area is 156 Å². The highest BCUT2D eigenvalue weighted by Gasteiger charge is 2.26. The maximum Gasteiger partial charge on any atom is 0.328 e. The van der Waals surface area contributed by atoms with Gasteiger partial charge in [0.1, 0.15) is 6.04 Å². The highest BCUT2D eigenvalue weighted by atomic mass is 32.2. The van der Waals surface area contributed by atoms with E-state index in [1.807, 2.05) is 45.0 Å². The molecule has 2 atom stereocenters. The van der Waals surface area contributed by atoms with Crippen LogP contribution in [0.2, 0.25) is 0 Å². The number of thioether (sulfide) groups is 1. The lowest BCUT2D eigenvalue weighted by Gasteiger charge is -2.21. The third kappa shape index (κ3) is 5.32. The number of nitrogens with zero attached hydrogens (tertiary/aromatic N) is 2. The maximum absolute atomic E-state index is 12.2. The zero-order chi connectivity index (χ0) is 19.1. The van der Waals surface area contributed by atoms with Crippen molar-refractivity contribution in [1.82, 2.24) is 15.5 Å². The number of ether oxygens (including phenoxy) is 1. The van der Waals surface area contributed by atoms with E-state index < -0.39 is 12.0 Å². The van der Waals surface area contributed by atoms with Gasteiger partial charge in [-0.15, -0.1) is 10.2 Å². The molecule has 2 aromatic rings. The van der Waals surface area contributed by atoms with E-state index in [1.165, 1.54) is 7.11 Å². The van der Waals surface area contributed by atoms with Crippen LogP contribution in [0, 0.1) is 12.8 Å². The SMILES string of the molecule is CC[C@H](C)[C@@H](NC(=O)CSc1nnc(-c2cccc(C)c2)o1)C(=O)OC. The van der Waals surface area contributed by atoms with Crippen LogP contribution in [0.25, 0.3) is 11.5 Å². The van der Waals surface area contributed by atoms with Crippen molar-refractivity contribution in [2.24, 2.45) is 5.92 Å². The van der Waals surface area contributed by atoms with Gasteiger partial charge in [-0.2, -0.15) is 0 Å². The van der Waals surface area contributed by atoms with Gasteiger partial charge in [0, 0.05) is 5.56 Å². The Balaban J connectivity index is 1.94. The number of methoxy groups -OCH3 is 1. The van der Waals surface area contributed by atoms with Crippen LogP contribution in [0.4, 0.5) is 0 Å². The van der Waals surface area contributed by atoms with Crippen LogP contribution in [0.3, 0.4) is 0 Å². The van der Waals surface area contributed by atoms with E-state index in [0.717, 1.165) is 29.3 Å². The Morgan fingerprint density at radius 2 is 2.12 bits per heavy atom. The van der Waals surface area contributed by atoms with E-state index in [1.54, 1.807) is 0 Å². The van der Waals surface area contributed by atoms with Crippen LogP contribution in [0.15, 0.2) is 33.9 Å². The molecule has 0 spiro atoms. The van der Waals surface area contributed by atoms with E-state index in [-0.39, 0.29) is 17.6 Å². The molecule has 8 heteroatoms. The van der Waals surface area contributed by atoms with Crippen LogP contribution < -0.4 is 5.32 Å². The van der Waals surface area contributed by atoms with Gasteiger partial charge in [0.2, 0.25) is 11.8 Å². The van der Waals surface area contributed by atoms with Crippen molar-refractivity contribution in [1.29, 1.82) is 0 Å². The van der Waals surface area contributed by atoms with Crippen LogP contribution in [-0.4, -0.2) is 41.0 Å². The monoisotopic (exact) mass is 377 g/mol. The normalized spacial score (nSPS) is 13.1. The number of amides is 1. The maximum atomic E-state index is 12.2. The number of hydrogen-bond acceptors (Lipinski definition) is 7. The topological polar surface area (TPSA) is 94.3 Å². The van der Waals surface area contributed by atoms with Crippen molar-refractivity contribution in [2.75, 3.05) is 12.9 Å². The summed E-state index contributed by atoms with van der Waals surface area (Å²) >= 11 is 1.12. The van der Waals surface area contributed by atoms with Gasteiger partial charge in [-0.1, -0.05) is 49.7 Å². The molecule has 0 unspecified atom stereocenters. The summed E-state index contributed by atoms with van der Waals surface area (Å²) in [6.07, 6.45) is 0.747. The molecule has 26 heavy (non-hydrogen) atoms. The second kappa shape index (κ2) is 9.38. The van der Waals surface area contributed by atoms with Crippen LogP contribution >= 0.6 is 11.8 Å². The van der Waals surface area contributed by atoms with Crippen LogP contribution in [0.5, 0.6) is 0 Å². The van der Waals surface area contributed by atoms with Gasteiger partial charge in [-0.3, -0.25) is 4.79 Å². The molecule has 0 saturated heterocycles. The van der Waals surface area contributed by atoms with E-state index in [9.17, 15) is 9.59 Å². The minimum absolute atomic E-state index is 0.0206. The number of carbonyl (C=O) groups excluding carboxylic acids is 2. The molecule has 1 aromatic heterocycles. The summed E-state index contributed by atoms with van der Waals surface area (Å²) in [7, 11) is 1.31. The molecular weight excluding hydrogens is 354 g/mol. The van der Waals surface area contributed by atoms with Crippen molar-refractivity contribution in [2.45, 2.75) is 38.5 Å². The Morgan fingerprint density at radius 1 is 1.35 bits per heavy atom. The number of hydrogen-bond donors (Lipinski definition) is 1. The fraction of sp³-hybridized carbons (Fsp3) is 0.444. The second-order valence-electron chi connectivity index (χ2n) is 5.99. The number of nitrogens with one attached hydrogen (secondary N) is 1. The molecule has 0 bridgehead atoms. The Hall–Kier alpha value is -2.35. The lowest BCUT2D eigenvalue weighted by Crippen LogP contribution is -2.46. The lowest BCUT2D eigenvalue weighted by molar-refractivity contribution is -0.146. The van der Waals surface area contributed by atoms with Crippen molar-refractivity contribution < 1.29 is 18.7 Å². The molecule has 0 aliphatic carbocycles. The molecule has 7 nitrogen and oxygen atoms in total. The Bertz CT molecular complexity index is 762. The molecule has 2 rings (SSSR count). The first-order valence-electron chi connectivity index (χ1n) is 8.35. The number of benzene rings is 1. The highest BCUT2D eigenvalue weighted by molar-refractivity contribution is 7.99. The van der Waals surface area contributed by atoms with Gasteiger partial charge >= 0.3 is 5.97 Å². The number of rotatable bonds is 8. The molecule has 140 valence electrons. The van der Waals surface area contributed by atoms with Crippen molar-refractivity contribution in [3.05, 3.63) is 29.8 Å². The van der Waals surface area contributed by atoms with Crippen LogP contribution in [-0.2, 0) is 14.3 Å². The molecule has 0 aliphatic rings. The predicted molar refractivity (Wildman–Crippen MR) is 98.6 cm³/mol. The number of carbonyl (C=O) groups is 2. The van der Waals surface area contributed by atoms with Crippen molar-refractivity contribution in [3.8, 4) is 11.5 Å². The molecule has 1 N–H and O–H groups in total. The van der Waals surface area contributed by atoms with Crippen molar-refractivity contribution >= 4 is 23.6 Å². The zero-order valence-corrected chi connectivity index (χ0v) is 16.1. The number of aromatic nitrogens is 2. The minimum atomic E-state index is -0.663. The summed E-state index contributed by atoms with van der Waals surface area (Å²) in [4.78, 5) is 24.0. The molecule has 0 radical (unpaired) electrons. The Kier molecular flexibility index (Phi) is 7.20. The quantitative estimate of drug-likeness (QED) is 0.558. The molecule has 1 amide bonds. The number of esters is 1. The lowest BCUT2D eigenvalue weighted by atomic mass is 9.99. The predicted octanol–water partition coefficient (Wildman–Crippen LogP) is 2.84. The molecule has 0 fully saturated rings. The van der Waals surface area contributed by atoms with Gasteiger partial charge in [-0.05, 0) is 25.0 Å². The summed E-state index contributed by atoms with van der Waals surface area (Å²) in [5.74, 6) is -0.283. The zero-order valence-electron chi connectivity index (χ0n) is 15.3. The summed E-state index contributed by atoms with van der Waals surface area (Å²) in [6, 6.07) is 7.06. The molecule has 1 heterocycles. The second-order valence-corrected chi connectivity index (χ2v) is 6.91. The summed E-state index contributed by atoms with van der Waals surface area (Å²) in [5, 5.41) is 11.0. The molecular formula is C18H23N3O4S. The summed E-state index contributed by atoms with van der Waals surface area (Å²) < 4.78 is 10.3. The van der Waals surface area contributed by atoms with E-state index in [2.05, 4.69) is 15.5 Å². The van der Waals surface area contributed by atoms with Gasteiger partial charge in [0.25, 0.3) is 5.22 Å². The van der Waals surface area contributed by atoms with Gasteiger partial charge in [0.05, 0.1) is 12.9 Å². The first kappa shape index (κ1) is 20.0. The molecule has 1 aromatic carbocycles. The van der Waals surface area contributed by atoms with Crippen LogP contribution in [0.1, 0.15) is 25.8 Å². The average molecular weight is 377 g/mol. The van der Waals surface area contributed by atoms with Crippen molar-refractivity contribution in [3.63, 3.8) is 0 Å². The summed E-state index contributed by atoms with van der Waals surface area (Å²) in [5.41, 5.74) is 1.92. The number of aryl methyl sites for hydroxylation is 1. The highest BCUT2D eigenvalue weighted by Crippen LogP contribution is 2.23. The molecule has 0 saturated carbocycles. The minimum Gasteiger partial charge on any atom is -0.467 e. The van der Waals surface area contributed by atoms with E-state index in [4.69, 9.17) is 9.15 Å². The summed E-state index contributed by atoms with van der Waals surface area (Å²) in [6.45, 7) is 5.82. The first-order chi connectivity index (χ1) is 12.4. The van der Waals surface area contributed by atoms with Gasteiger partial charge in [-0.25, -0.2) is 4.79 Å². The largest absolute Gasteiger partial charge is 0.467 e. The van der Waals surface area contributed by atoms with E-state index in [0.29, 0.717) is 11.1 Å². The first-order valence-corrected chi connectivity index (χ1v) is 9.33. The smallest absolute Gasteiger partial charge is 0.328 e. The third-order valence-electron chi connectivity index (χ3n) is 3.98. The molecule has 0 aliphatic heterocycles. The Morgan fingerprint density at radius 3 is 2.77 bits per heavy atom. The van der Waals surface area contributed by atoms with Gasteiger partial charge < -0.3 is 14.5 Å². The fourth-order valence-corrected chi connectivity index (χ4v) is 2.88.